The third-order valence-corrected chi connectivity index (χ3v) is 4.04. The predicted molar refractivity (Wildman–Crippen MR) is 95.2 cm³/mol. The van der Waals surface area contributed by atoms with Crippen molar-refractivity contribution in [3.63, 3.8) is 0 Å². The van der Waals surface area contributed by atoms with E-state index in [-0.39, 0.29) is 6.61 Å². The molecule has 0 aliphatic heterocycles. The summed E-state index contributed by atoms with van der Waals surface area (Å²) < 4.78 is 13.0. The maximum atomic E-state index is 10.4. The topological polar surface area (TPSA) is 46.9 Å². The van der Waals surface area contributed by atoms with E-state index in [4.69, 9.17) is 9.47 Å². The van der Waals surface area contributed by atoms with Gasteiger partial charge < -0.3 is 19.1 Å². The fraction of sp³-hybridized carbons (Fsp3) is 0.474. The molecule has 0 fully saturated rings. The van der Waals surface area contributed by atoms with E-state index in [9.17, 15) is 5.11 Å². The average molecular weight is 332 g/mol. The molecular formula is C19H28N2O3. The van der Waals surface area contributed by atoms with Gasteiger partial charge in [0.05, 0.1) is 6.61 Å². The summed E-state index contributed by atoms with van der Waals surface area (Å²) in [7, 11) is 3.72. The van der Waals surface area contributed by atoms with E-state index in [1.54, 1.807) is 7.11 Å². The van der Waals surface area contributed by atoms with Gasteiger partial charge in [0, 0.05) is 45.7 Å². The largest absolute Gasteiger partial charge is 0.491 e. The standard InChI is InChI=1S/C19H28N2O3/c1-16-7-4-5-9-19(16)24-15-18(22)14-21(11-12-23-3)13-17-8-6-10-20(17)2/h4-10,18,22H,11-15H2,1-3H3. The Bertz CT molecular complexity index is 612. The van der Waals surface area contributed by atoms with Crippen LogP contribution in [0.2, 0.25) is 0 Å². The summed E-state index contributed by atoms with van der Waals surface area (Å²) in [5, 5.41) is 10.4. The van der Waals surface area contributed by atoms with E-state index in [0.717, 1.165) is 24.4 Å². The van der Waals surface area contributed by atoms with Crippen molar-refractivity contribution in [2.45, 2.75) is 19.6 Å². The first kappa shape index (κ1) is 18.5. The van der Waals surface area contributed by atoms with Gasteiger partial charge in [-0.25, -0.2) is 0 Å². The monoisotopic (exact) mass is 332 g/mol. The fourth-order valence-electron chi connectivity index (χ4n) is 2.60. The van der Waals surface area contributed by atoms with Crippen LogP contribution >= 0.6 is 0 Å². The molecule has 5 nitrogen and oxygen atoms in total. The van der Waals surface area contributed by atoms with Crippen molar-refractivity contribution in [2.75, 3.05) is 33.4 Å². The van der Waals surface area contributed by atoms with Crippen LogP contribution in [0.4, 0.5) is 0 Å². The Morgan fingerprint density at radius 2 is 2.00 bits per heavy atom. The molecule has 0 aliphatic carbocycles. The second-order valence-corrected chi connectivity index (χ2v) is 6.07. The minimum Gasteiger partial charge on any atom is -0.491 e. The van der Waals surface area contributed by atoms with Crippen LogP contribution in [0.25, 0.3) is 0 Å². The van der Waals surface area contributed by atoms with Crippen LogP contribution in [0.5, 0.6) is 5.75 Å². The molecular weight excluding hydrogens is 304 g/mol. The van der Waals surface area contributed by atoms with E-state index in [2.05, 4.69) is 15.5 Å². The highest BCUT2D eigenvalue weighted by Gasteiger charge is 2.14. The predicted octanol–water partition coefficient (Wildman–Crippen LogP) is 2.22. The Hall–Kier alpha value is -1.82. The van der Waals surface area contributed by atoms with E-state index in [0.29, 0.717) is 13.2 Å². The fourth-order valence-corrected chi connectivity index (χ4v) is 2.60. The molecule has 1 unspecified atom stereocenters. The first-order valence-electron chi connectivity index (χ1n) is 8.28. The molecule has 0 radical (unpaired) electrons. The van der Waals surface area contributed by atoms with Gasteiger partial charge >= 0.3 is 0 Å². The normalized spacial score (nSPS) is 12.5. The minimum absolute atomic E-state index is 0.279. The average Bonchev–Trinajstić information content (AvgIpc) is 2.97. The van der Waals surface area contributed by atoms with Crippen molar-refractivity contribution in [1.29, 1.82) is 0 Å². The summed E-state index contributed by atoms with van der Waals surface area (Å²) in [6.45, 7) is 5.00. The molecule has 0 amide bonds. The minimum atomic E-state index is -0.554. The highest BCUT2D eigenvalue weighted by molar-refractivity contribution is 5.31. The zero-order chi connectivity index (χ0) is 17.4. The van der Waals surface area contributed by atoms with E-state index in [1.165, 1.54) is 5.69 Å². The van der Waals surface area contributed by atoms with E-state index in [1.807, 2.05) is 50.5 Å². The number of ether oxygens (including phenoxy) is 2. The zero-order valence-electron chi connectivity index (χ0n) is 14.8. The summed E-state index contributed by atoms with van der Waals surface area (Å²) in [6.07, 6.45) is 1.48. The Kier molecular flexibility index (Phi) is 7.31. The van der Waals surface area contributed by atoms with Gasteiger partial charge in [-0.1, -0.05) is 18.2 Å². The number of benzene rings is 1. The molecule has 0 spiro atoms. The maximum Gasteiger partial charge on any atom is 0.122 e. The summed E-state index contributed by atoms with van der Waals surface area (Å²) >= 11 is 0. The molecule has 5 heteroatoms. The lowest BCUT2D eigenvalue weighted by molar-refractivity contribution is 0.0533. The molecule has 0 bridgehead atoms. The number of methoxy groups -OCH3 is 1. The van der Waals surface area contributed by atoms with Crippen LogP contribution in [0, 0.1) is 6.92 Å². The summed E-state index contributed by atoms with van der Waals surface area (Å²) in [5.41, 5.74) is 2.28. The van der Waals surface area contributed by atoms with Crippen molar-refractivity contribution in [2.24, 2.45) is 7.05 Å². The second kappa shape index (κ2) is 9.47. The van der Waals surface area contributed by atoms with Crippen molar-refractivity contribution in [1.82, 2.24) is 9.47 Å². The van der Waals surface area contributed by atoms with Crippen LogP contribution in [-0.2, 0) is 18.3 Å². The van der Waals surface area contributed by atoms with Crippen LogP contribution in [-0.4, -0.2) is 54.1 Å². The molecule has 1 heterocycles. The molecule has 2 rings (SSSR count). The lowest BCUT2D eigenvalue weighted by atomic mass is 10.2. The molecule has 24 heavy (non-hydrogen) atoms. The summed E-state index contributed by atoms with van der Waals surface area (Å²) in [6, 6.07) is 12.0. The number of nitrogens with zero attached hydrogens (tertiary/aromatic N) is 2. The van der Waals surface area contributed by atoms with Gasteiger partial charge in [0.25, 0.3) is 0 Å². The summed E-state index contributed by atoms with van der Waals surface area (Å²) in [4.78, 5) is 2.19. The second-order valence-electron chi connectivity index (χ2n) is 6.07. The Balaban J connectivity index is 1.88. The highest BCUT2D eigenvalue weighted by Crippen LogP contribution is 2.16. The maximum absolute atomic E-state index is 10.4. The van der Waals surface area contributed by atoms with Crippen LogP contribution in [0.1, 0.15) is 11.3 Å². The van der Waals surface area contributed by atoms with E-state index >= 15 is 0 Å². The van der Waals surface area contributed by atoms with Gasteiger partial charge in [-0.15, -0.1) is 0 Å². The SMILES string of the molecule is COCCN(Cc1cccn1C)CC(O)COc1ccccc1C. The number of rotatable bonds is 10. The van der Waals surface area contributed by atoms with Crippen molar-refractivity contribution < 1.29 is 14.6 Å². The smallest absolute Gasteiger partial charge is 0.122 e. The van der Waals surface area contributed by atoms with Crippen LogP contribution in [0.15, 0.2) is 42.6 Å². The molecule has 2 aromatic rings. The number of aliphatic hydroxyl groups is 1. The third-order valence-electron chi connectivity index (χ3n) is 4.04. The molecule has 1 aromatic carbocycles. The third kappa shape index (κ3) is 5.67. The molecule has 0 saturated heterocycles. The Labute approximate surface area is 144 Å². The number of para-hydroxylation sites is 1. The van der Waals surface area contributed by atoms with Gasteiger partial charge in [0.2, 0.25) is 0 Å². The molecule has 1 aromatic heterocycles. The highest BCUT2D eigenvalue weighted by atomic mass is 16.5. The van der Waals surface area contributed by atoms with Crippen molar-refractivity contribution >= 4 is 0 Å². The molecule has 0 aliphatic rings. The lowest BCUT2D eigenvalue weighted by Crippen LogP contribution is -2.37. The van der Waals surface area contributed by atoms with E-state index < -0.39 is 6.10 Å². The van der Waals surface area contributed by atoms with Gasteiger partial charge in [-0.2, -0.15) is 0 Å². The number of aromatic nitrogens is 1. The van der Waals surface area contributed by atoms with Gasteiger partial charge in [-0.3, -0.25) is 4.90 Å². The van der Waals surface area contributed by atoms with Gasteiger partial charge in [0.1, 0.15) is 18.5 Å². The summed E-state index contributed by atoms with van der Waals surface area (Å²) in [5.74, 6) is 0.822. The number of hydrogen-bond acceptors (Lipinski definition) is 4. The molecule has 132 valence electrons. The first-order valence-corrected chi connectivity index (χ1v) is 8.28. The lowest BCUT2D eigenvalue weighted by Gasteiger charge is -2.25. The first-order chi connectivity index (χ1) is 11.6. The van der Waals surface area contributed by atoms with Crippen LogP contribution < -0.4 is 4.74 Å². The van der Waals surface area contributed by atoms with Gasteiger partial charge in [0.15, 0.2) is 0 Å². The quantitative estimate of drug-likeness (QED) is 0.725. The van der Waals surface area contributed by atoms with Crippen LogP contribution in [0.3, 0.4) is 0 Å². The Morgan fingerprint density at radius 1 is 1.21 bits per heavy atom. The zero-order valence-corrected chi connectivity index (χ0v) is 14.8. The number of hydrogen-bond donors (Lipinski definition) is 1. The number of aliphatic hydroxyl groups excluding tert-OH is 1. The number of aryl methyl sites for hydroxylation is 2. The molecule has 1 N–H and O–H groups in total. The Morgan fingerprint density at radius 3 is 2.67 bits per heavy atom. The van der Waals surface area contributed by atoms with Crippen molar-refractivity contribution in [3.05, 3.63) is 53.9 Å². The van der Waals surface area contributed by atoms with Gasteiger partial charge in [-0.05, 0) is 30.7 Å². The van der Waals surface area contributed by atoms with Crippen molar-refractivity contribution in [3.8, 4) is 5.75 Å². The molecule has 0 saturated carbocycles. The molecule has 1 atom stereocenters.